The van der Waals surface area contributed by atoms with Crippen LogP contribution in [0.5, 0.6) is 0 Å². The molecule has 0 aliphatic carbocycles. The highest BCUT2D eigenvalue weighted by molar-refractivity contribution is 7.90. The summed E-state index contributed by atoms with van der Waals surface area (Å²) in [6, 6.07) is 15.3. The van der Waals surface area contributed by atoms with Gasteiger partial charge in [-0.05, 0) is 18.2 Å². The molecule has 0 saturated carbocycles. The minimum atomic E-state index is -3.57. The normalized spacial score (nSPS) is 11.6. The van der Waals surface area contributed by atoms with Crippen LogP contribution in [0, 0.1) is 0 Å². The van der Waals surface area contributed by atoms with E-state index in [1.807, 2.05) is 42.5 Å². The Labute approximate surface area is 161 Å². The maximum absolute atomic E-state index is 12.7. The van der Waals surface area contributed by atoms with Crippen molar-refractivity contribution in [1.82, 2.24) is 19.4 Å². The van der Waals surface area contributed by atoms with Crippen LogP contribution in [0.1, 0.15) is 10.5 Å². The van der Waals surface area contributed by atoms with E-state index in [-0.39, 0.29) is 10.6 Å². The molecule has 3 aromatic heterocycles. The van der Waals surface area contributed by atoms with Crippen LogP contribution in [-0.2, 0) is 16.9 Å². The van der Waals surface area contributed by atoms with Crippen molar-refractivity contribution in [3.8, 4) is 11.3 Å². The third kappa shape index (κ3) is 3.27. The number of hydrogen-bond acceptors (Lipinski definition) is 5. The van der Waals surface area contributed by atoms with Crippen LogP contribution in [0.4, 0.5) is 5.69 Å². The van der Waals surface area contributed by atoms with Gasteiger partial charge in [0.15, 0.2) is 9.84 Å². The molecule has 1 aromatic carbocycles. The number of amides is 1. The van der Waals surface area contributed by atoms with Crippen LogP contribution in [-0.4, -0.2) is 40.0 Å². The number of aromatic nitrogens is 4. The van der Waals surface area contributed by atoms with Crippen molar-refractivity contribution < 1.29 is 13.2 Å². The smallest absolute Gasteiger partial charge is 0.275 e. The first-order chi connectivity index (χ1) is 13.3. The predicted molar refractivity (Wildman–Crippen MR) is 105 cm³/mol. The van der Waals surface area contributed by atoms with E-state index in [0.29, 0.717) is 5.69 Å². The summed E-state index contributed by atoms with van der Waals surface area (Å²) in [7, 11) is -2.05. The van der Waals surface area contributed by atoms with Gasteiger partial charge in [-0.1, -0.05) is 30.3 Å². The number of nitrogens with one attached hydrogen (secondary N) is 1. The highest BCUT2D eigenvalue weighted by Gasteiger charge is 2.23. The van der Waals surface area contributed by atoms with Gasteiger partial charge in [-0.2, -0.15) is 10.2 Å². The number of rotatable bonds is 4. The number of nitrogens with zero attached hydrogens (tertiary/aromatic N) is 4. The summed E-state index contributed by atoms with van der Waals surface area (Å²) in [5.41, 5.74) is 3.14. The molecule has 1 N–H and O–H groups in total. The molecule has 0 bridgehead atoms. The van der Waals surface area contributed by atoms with Crippen molar-refractivity contribution in [2.24, 2.45) is 7.05 Å². The van der Waals surface area contributed by atoms with E-state index in [4.69, 9.17) is 0 Å². The molecule has 0 radical (unpaired) electrons. The van der Waals surface area contributed by atoms with Crippen molar-refractivity contribution in [3.05, 3.63) is 66.6 Å². The summed E-state index contributed by atoms with van der Waals surface area (Å²) in [4.78, 5) is 12.5. The second-order valence-corrected chi connectivity index (χ2v) is 8.37. The Balaban J connectivity index is 1.66. The van der Waals surface area contributed by atoms with Gasteiger partial charge in [0.1, 0.15) is 10.6 Å². The van der Waals surface area contributed by atoms with E-state index in [2.05, 4.69) is 15.5 Å². The van der Waals surface area contributed by atoms with Gasteiger partial charge < -0.3 is 5.32 Å². The van der Waals surface area contributed by atoms with Gasteiger partial charge in [0.05, 0.1) is 29.3 Å². The molecule has 0 saturated heterocycles. The average Bonchev–Trinajstić information content (AvgIpc) is 3.25. The maximum atomic E-state index is 12.7. The maximum Gasteiger partial charge on any atom is 0.275 e. The van der Waals surface area contributed by atoms with Crippen molar-refractivity contribution in [2.75, 3.05) is 11.6 Å². The summed E-state index contributed by atoms with van der Waals surface area (Å²) in [6.45, 7) is 0. The Hall–Kier alpha value is -3.46. The van der Waals surface area contributed by atoms with Gasteiger partial charge in [0.25, 0.3) is 5.91 Å². The number of pyridine rings is 1. The topological polar surface area (TPSA) is 98.4 Å². The molecule has 0 aliphatic rings. The Morgan fingerprint density at radius 3 is 2.57 bits per heavy atom. The number of aryl methyl sites for hydroxylation is 1. The van der Waals surface area contributed by atoms with Gasteiger partial charge in [-0.15, -0.1) is 0 Å². The summed E-state index contributed by atoms with van der Waals surface area (Å²) in [6.07, 6.45) is 3.89. The molecule has 0 fully saturated rings. The molecule has 9 heteroatoms. The van der Waals surface area contributed by atoms with E-state index in [0.717, 1.165) is 23.0 Å². The zero-order valence-electron chi connectivity index (χ0n) is 15.2. The second kappa shape index (κ2) is 6.61. The van der Waals surface area contributed by atoms with Gasteiger partial charge in [0, 0.05) is 18.9 Å². The van der Waals surface area contributed by atoms with Gasteiger partial charge in [-0.3, -0.25) is 9.48 Å². The number of hydrogen-bond donors (Lipinski definition) is 1. The van der Waals surface area contributed by atoms with Crippen LogP contribution < -0.4 is 5.32 Å². The Morgan fingerprint density at radius 1 is 1.11 bits per heavy atom. The lowest BCUT2D eigenvalue weighted by Gasteiger charge is -2.07. The number of carbonyl (C=O) groups is 1. The summed E-state index contributed by atoms with van der Waals surface area (Å²) in [5, 5.41) is 11.1. The lowest BCUT2D eigenvalue weighted by atomic mass is 10.1. The van der Waals surface area contributed by atoms with Crippen molar-refractivity contribution >= 4 is 26.9 Å². The van der Waals surface area contributed by atoms with Crippen LogP contribution in [0.2, 0.25) is 0 Å². The zero-order valence-corrected chi connectivity index (χ0v) is 16.0. The number of sulfone groups is 1. The summed E-state index contributed by atoms with van der Waals surface area (Å²) < 4.78 is 26.7. The number of anilines is 1. The lowest BCUT2D eigenvalue weighted by molar-refractivity contribution is 0.101. The lowest BCUT2D eigenvalue weighted by Crippen LogP contribution is -2.19. The monoisotopic (exact) mass is 395 g/mol. The fraction of sp³-hybridized carbons (Fsp3) is 0.105. The zero-order chi connectivity index (χ0) is 19.9. The Morgan fingerprint density at radius 2 is 1.86 bits per heavy atom. The molecule has 4 aromatic rings. The van der Waals surface area contributed by atoms with E-state index in [1.165, 1.54) is 17.9 Å². The molecule has 0 spiro atoms. The van der Waals surface area contributed by atoms with Crippen molar-refractivity contribution in [2.45, 2.75) is 4.90 Å². The molecule has 0 unspecified atom stereocenters. The standard InChI is InChI=1S/C19H17N5O3S/c1-23-18(17(11-20-23)28(2,26)27)19(25)21-14-8-9-15-10-16(22-24(15)12-14)13-6-4-3-5-7-13/h3-12H,1-2H3,(H,21,25). The fourth-order valence-corrected chi connectivity index (χ4v) is 3.76. The first-order valence-electron chi connectivity index (χ1n) is 8.41. The number of benzene rings is 1. The molecular weight excluding hydrogens is 378 g/mol. The van der Waals surface area contributed by atoms with E-state index in [9.17, 15) is 13.2 Å². The quantitative estimate of drug-likeness (QED) is 0.572. The van der Waals surface area contributed by atoms with E-state index in [1.54, 1.807) is 16.8 Å². The molecule has 142 valence electrons. The van der Waals surface area contributed by atoms with Crippen LogP contribution in [0.15, 0.2) is 65.8 Å². The minimum absolute atomic E-state index is 0.0203. The Kier molecular flexibility index (Phi) is 4.23. The van der Waals surface area contributed by atoms with E-state index < -0.39 is 15.7 Å². The van der Waals surface area contributed by atoms with E-state index >= 15 is 0 Å². The first-order valence-corrected chi connectivity index (χ1v) is 10.3. The fourth-order valence-electron chi connectivity index (χ4n) is 2.95. The number of carbonyl (C=O) groups excluding carboxylic acids is 1. The van der Waals surface area contributed by atoms with Crippen LogP contribution >= 0.6 is 0 Å². The molecule has 4 rings (SSSR count). The van der Waals surface area contributed by atoms with Crippen LogP contribution in [0.25, 0.3) is 16.8 Å². The van der Waals surface area contributed by atoms with Gasteiger partial charge in [-0.25, -0.2) is 12.9 Å². The largest absolute Gasteiger partial charge is 0.319 e. The molecule has 1 amide bonds. The highest BCUT2D eigenvalue weighted by atomic mass is 32.2. The predicted octanol–water partition coefficient (Wildman–Crippen LogP) is 2.39. The van der Waals surface area contributed by atoms with Gasteiger partial charge in [0.2, 0.25) is 0 Å². The summed E-state index contributed by atoms with van der Waals surface area (Å²) >= 11 is 0. The van der Waals surface area contributed by atoms with Crippen molar-refractivity contribution in [3.63, 3.8) is 0 Å². The van der Waals surface area contributed by atoms with Crippen molar-refractivity contribution in [1.29, 1.82) is 0 Å². The Bertz CT molecular complexity index is 1290. The molecule has 3 heterocycles. The third-order valence-electron chi connectivity index (χ3n) is 4.31. The molecule has 0 atom stereocenters. The number of fused-ring (bicyclic) bond motifs is 1. The molecule has 0 aliphatic heterocycles. The first kappa shape index (κ1) is 17.9. The minimum Gasteiger partial charge on any atom is -0.319 e. The molecule has 28 heavy (non-hydrogen) atoms. The second-order valence-electron chi connectivity index (χ2n) is 6.39. The third-order valence-corrected chi connectivity index (χ3v) is 5.40. The highest BCUT2D eigenvalue weighted by Crippen LogP contribution is 2.21. The SMILES string of the molecule is Cn1ncc(S(C)(=O)=O)c1C(=O)Nc1ccc2cc(-c3ccccc3)nn2c1. The average molecular weight is 395 g/mol. The molecule has 8 nitrogen and oxygen atoms in total. The van der Waals surface area contributed by atoms with Crippen LogP contribution in [0.3, 0.4) is 0 Å². The summed E-state index contributed by atoms with van der Waals surface area (Å²) in [5.74, 6) is -0.560. The molecular formula is C19H17N5O3S. The van der Waals surface area contributed by atoms with Gasteiger partial charge >= 0.3 is 0 Å².